The Morgan fingerprint density at radius 1 is 1.07 bits per heavy atom. The fraction of sp³-hybridized carbons (Fsp3) is 0.400. The van der Waals surface area contributed by atoms with E-state index in [2.05, 4.69) is 5.32 Å². The van der Waals surface area contributed by atoms with Crippen molar-refractivity contribution in [2.24, 2.45) is 0 Å². The summed E-state index contributed by atoms with van der Waals surface area (Å²) < 4.78 is 29.0. The van der Waals surface area contributed by atoms with Gasteiger partial charge < -0.3 is 9.88 Å². The first-order chi connectivity index (χ1) is 13.4. The first kappa shape index (κ1) is 20.3. The van der Waals surface area contributed by atoms with Gasteiger partial charge in [-0.3, -0.25) is 9.59 Å². The van der Waals surface area contributed by atoms with Crippen LogP contribution < -0.4 is 10.9 Å². The number of nitrogens with one attached hydrogen (secondary N) is 1. The van der Waals surface area contributed by atoms with Crippen LogP contribution in [0.15, 0.2) is 52.3 Å². The molecule has 8 heteroatoms. The molecule has 1 N–H and O–H groups in total. The molecule has 0 atom stereocenters. The van der Waals surface area contributed by atoms with Crippen LogP contribution in [0, 0.1) is 6.92 Å². The van der Waals surface area contributed by atoms with Gasteiger partial charge in [-0.2, -0.15) is 4.31 Å². The van der Waals surface area contributed by atoms with Crippen LogP contribution in [-0.2, 0) is 21.4 Å². The third kappa shape index (κ3) is 4.69. The van der Waals surface area contributed by atoms with Crippen molar-refractivity contribution in [3.63, 3.8) is 0 Å². The Balaban J connectivity index is 1.80. The quantitative estimate of drug-likeness (QED) is 0.830. The van der Waals surface area contributed by atoms with E-state index in [-0.39, 0.29) is 17.0 Å². The van der Waals surface area contributed by atoms with Crippen molar-refractivity contribution in [3.8, 4) is 0 Å². The van der Waals surface area contributed by atoms with Gasteiger partial charge in [-0.1, -0.05) is 25.0 Å². The predicted molar refractivity (Wildman–Crippen MR) is 108 cm³/mol. The van der Waals surface area contributed by atoms with Gasteiger partial charge in [0.05, 0.1) is 4.90 Å². The molecular formula is C20H25N3O4S. The molecule has 0 aliphatic carbocycles. The molecule has 0 unspecified atom stereocenters. The average molecular weight is 404 g/mol. The minimum Gasteiger partial charge on any atom is -0.324 e. The summed E-state index contributed by atoms with van der Waals surface area (Å²) in [6.07, 6.45) is 5.34. The maximum atomic E-state index is 13.1. The molecule has 1 aliphatic heterocycles. The summed E-state index contributed by atoms with van der Waals surface area (Å²) in [6.45, 7) is 2.66. The first-order valence-corrected chi connectivity index (χ1v) is 10.9. The minimum absolute atomic E-state index is 0.137. The number of hydrogen-bond acceptors (Lipinski definition) is 4. The highest BCUT2D eigenvalue weighted by Gasteiger charge is 2.27. The molecule has 1 aromatic carbocycles. The van der Waals surface area contributed by atoms with Crippen molar-refractivity contribution >= 4 is 21.6 Å². The first-order valence-electron chi connectivity index (χ1n) is 9.44. The molecular weight excluding hydrogens is 378 g/mol. The van der Waals surface area contributed by atoms with Crippen molar-refractivity contribution in [2.45, 2.75) is 44.0 Å². The van der Waals surface area contributed by atoms with Gasteiger partial charge in [-0.05, 0) is 43.5 Å². The summed E-state index contributed by atoms with van der Waals surface area (Å²) in [6, 6.07) is 9.52. The van der Waals surface area contributed by atoms with Crippen molar-refractivity contribution in [2.75, 3.05) is 18.4 Å². The molecule has 1 aliphatic rings. The molecule has 1 saturated heterocycles. The third-order valence-electron chi connectivity index (χ3n) is 4.87. The summed E-state index contributed by atoms with van der Waals surface area (Å²) in [5.41, 5.74) is 0.764. The lowest BCUT2D eigenvalue weighted by molar-refractivity contribution is -0.116. The number of aryl methyl sites for hydroxylation is 1. The minimum atomic E-state index is -3.61. The number of carbonyl (C=O) groups is 1. The van der Waals surface area contributed by atoms with Gasteiger partial charge in [0.2, 0.25) is 15.9 Å². The second-order valence-electron chi connectivity index (χ2n) is 7.01. The van der Waals surface area contributed by atoms with Crippen LogP contribution in [0.2, 0.25) is 0 Å². The third-order valence-corrected chi connectivity index (χ3v) is 6.91. The number of sulfonamides is 1. The van der Waals surface area contributed by atoms with Crippen molar-refractivity contribution in [3.05, 3.63) is 58.5 Å². The molecule has 2 heterocycles. The largest absolute Gasteiger partial charge is 0.324 e. The van der Waals surface area contributed by atoms with E-state index in [0.29, 0.717) is 24.3 Å². The van der Waals surface area contributed by atoms with E-state index in [4.69, 9.17) is 0 Å². The van der Waals surface area contributed by atoms with E-state index in [0.717, 1.165) is 25.7 Å². The fourth-order valence-electron chi connectivity index (χ4n) is 3.32. The SMILES string of the molecule is Cc1ccc(NC(=O)Cn2ccccc2=O)cc1S(=O)(=O)N1CCCCCC1. The molecule has 0 radical (unpaired) electrons. The van der Waals surface area contributed by atoms with Crippen molar-refractivity contribution in [1.29, 1.82) is 0 Å². The van der Waals surface area contributed by atoms with Gasteiger partial charge in [0.15, 0.2) is 0 Å². The van der Waals surface area contributed by atoms with Gasteiger partial charge in [-0.25, -0.2) is 8.42 Å². The van der Waals surface area contributed by atoms with Crippen LogP contribution in [0.5, 0.6) is 0 Å². The zero-order chi connectivity index (χ0) is 20.1. The highest BCUT2D eigenvalue weighted by atomic mass is 32.2. The summed E-state index contributed by atoms with van der Waals surface area (Å²) in [5.74, 6) is -0.393. The lowest BCUT2D eigenvalue weighted by Gasteiger charge is -2.21. The van der Waals surface area contributed by atoms with E-state index in [1.165, 1.54) is 27.2 Å². The summed E-state index contributed by atoms with van der Waals surface area (Å²) in [4.78, 5) is 24.2. The Bertz CT molecular complexity index is 1010. The van der Waals surface area contributed by atoms with E-state index < -0.39 is 15.9 Å². The average Bonchev–Trinajstić information content (AvgIpc) is 2.95. The Morgan fingerprint density at radius 3 is 2.46 bits per heavy atom. The zero-order valence-corrected chi connectivity index (χ0v) is 16.7. The summed E-state index contributed by atoms with van der Waals surface area (Å²) in [5, 5.41) is 2.69. The lowest BCUT2D eigenvalue weighted by atomic mass is 10.2. The molecule has 0 bridgehead atoms. The van der Waals surface area contributed by atoms with Crippen LogP contribution in [0.25, 0.3) is 0 Å². The van der Waals surface area contributed by atoms with Gasteiger partial charge in [-0.15, -0.1) is 0 Å². The Morgan fingerprint density at radius 2 is 1.79 bits per heavy atom. The summed E-state index contributed by atoms with van der Waals surface area (Å²) in [7, 11) is -3.61. The second-order valence-corrected chi connectivity index (χ2v) is 8.92. The number of carbonyl (C=O) groups excluding carboxylic acids is 1. The van der Waals surface area contributed by atoms with Crippen LogP contribution in [0.1, 0.15) is 31.2 Å². The topological polar surface area (TPSA) is 88.5 Å². The second kappa shape index (κ2) is 8.70. The number of nitrogens with zero attached hydrogens (tertiary/aromatic N) is 2. The zero-order valence-electron chi connectivity index (χ0n) is 15.9. The highest BCUT2D eigenvalue weighted by molar-refractivity contribution is 7.89. The van der Waals surface area contributed by atoms with Crippen LogP contribution in [0.3, 0.4) is 0 Å². The Labute approximate surface area is 165 Å². The fourth-order valence-corrected chi connectivity index (χ4v) is 5.09. The number of pyridine rings is 1. The number of hydrogen-bond donors (Lipinski definition) is 1. The maximum absolute atomic E-state index is 13.1. The smallest absolute Gasteiger partial charge is 0.250 e. The van der Waals surface area contributed by atoms with Crippen molar-refractivity contribution < 1.29 is 13.2 Å². The molecule has 7 nitrogen and oxygen atoms in total. The molecule has 28 heavy (non-hydrogen) atoms. The molecule has 1 amide bonds. The van der Waals surface area contributed by atoms with Crippen LogP contribution in [-0.4, -0.2) is 36.3 Å². The standard InChI is InChI=1S/C20H25N3O4S/c1-16-9-10-17(21-19(24)15-22-11-7-4-8-20(22)25)14-18(16)28(26,27)23-12-5-2-3-6-13-23/h4,7-11,14H,2-3,5-6,12-13,15H2,1H3,(H,21,24). The molecule has 1 fully saturated rings. The molecule has 0 saturated carbocycles. The van der Waals surface area contributed by atoms with Crippen molar-refractivity contribution in [1.82, 2.24) is 8.87 Å². The van der Waals surface area contributed by atoms with E-state index in [9.17, 15) is 18.0 Å². The molecule has 0 spiro atoms. The van der Waals surface area contributed by atoms with Gasteiger partial charge in [0.25, 0.3) is 5.56 Å². The van der Waals surface area contributed by atoms with Gasteiger partial charge >= 0.3 is 0 Å². The normalized spacial score (nSPS) is 15.8. The molecule has 3 rings (SSSR count). The van der Waals surface area contributed by atoms with E-state index >= 15 is 0 Å². The van der Waals surface area contributed by atoms with Gasteiger partial charge in [0.1, 0.15) is 6.54 Å². The molecule has 150 valence electrons. The maximum Gasteiger partial charge on any atom is 0.250 e. The Hall–Kier alpha value is -2.45. The number of aromatic nitrogens is 1. The number of benzene rings is 1. The number of amides is 1. The highest BCUT2D eigenvalue weighted by Crippen LogP contribution is 2.25. The number of anilines is 1. The molecule has 1 aromatic heterocycles. The summed E-state index contributed by atoms with van der Waals surface area (Å²) >= 11 is 0. The number of rotatable bonds is 5. The van der Waals surface area contributed by atoms with E-state index in [1.54, 1.807) is 31.2 Å². The molecule has 2 aromatic rings. The van der Waals surface area contributed by atoms with Crippen LogP contribution >= 0.6 is 0 Å². The monoisotopic (exact) mass is 403 g/mol. The van der Waals surface area contributed by atoms with E-state index in [1.807, 2.05) is 0 Å². The predicted octanol–water partition coefficient (Wildman–Crippen LogP) is 2.36. The van der Waals surface area contributed by atoms with Crippen LogP contribution in [0.4, 0.5) is 5.69 Å². The lowest BCUT2D eigenvalue weighted by Crippen LogP contribution is -2.32. The Kier molecular flexibility index (Phi) is 6.31. The van der Waals surface area contributed by atoms with Gasteiger partial charge in [0, 0.05) is 31.0 Å².